The Morgan fingerprint density at radius 3 is 2.57 bits per heavy atom. The van der Waals surface area contributed by atoms with Gasteiger partial charge in [-0.3, -0.25) is 4.79 Å². The first-order chi connectivity index (χ1) is 10.1. The van der Waals surface area contributed by atoms with E-state index in [1.165, 1.54) is 0 Å². The van der Waals surface area contributed by atoms with Crippen molar-refractivity contribution in [2.24, 2.45) is 5.10 Å². The SMILES string of the molecule is C/C(=N\NC(=O)C[n+]1ccccc1)c1ccc(Cl)c(Cl)c1. The fraction of sp³-hybridized carbons (Fsp3) is 0.133. The summed E-state index contributed by atoms with van der Waals surface area (Å²) >= 11 is 11.8. The minimum absolute atomic E-state index is 0.203. The molecule has 1 amide bonds. The number of benzene rings is 1. The van der Waals surface area contributed by atoms with Crippen molar-refractivity contribution in [2.45, 2.75) is 13.5 Å². The standard InChI is InChI=1S/C15H13Cl2N3O/c1-11(12-5-6-13(16)14(17)9-12)18-19-15(21)10-20-7-3-2-4-8-20/h2-9H,10H2,1H3/p+1/b18-11+. The molecule has 1 aromatic carbocycles. The van der Waals surface area contributed by atoms with Gasteiger partial charge in [-0.05, 0) is 24.6 Å². The molecule has 0 spiro atoms. The van der Waals surface area contributed by atoms with Crippen LogP contribution in [-0.4, -0.2) is 11.6 Å². The number of aromatic nitrogens is 1. The van der Waals surface area contributed by atoms with Gasteiger partial charge in [-0.15, -0.1) is 0 Å². The number of hydrazone groups is 1. The molecule has 0 aliphatic carbocycles. The maximum absolute atomic E-state index is 11.8. The molecule has 0 aliphatic rings. The monoisotopic (exact) mass is 322 g/mol. The van der Waals surface area contributed by atoms with Crippen LogP contribution in [0.2, 0.25) is 10.0 Å². The Labute approximate surface area is 133 Å². The lowest BCUT2D eigenvalue weighted by atomic mass is 10.1. The number of rotatable bonds is 4. The minimum atomic E-state index is -0.203. The molecule has 2 rings (SSSR count). The van der Waals surface area contributed by atoms with Gasteiger partial charge in [0.15, 0.2) is 12.4 Å². The Bertz CT molecular complexity index is 672. The highest BCUT2D eigenvalue weighted by molar-refractivity contribution is 6.42. The zero-order chi connectivity index (χ0) is 15.2. The van der Waals surface area contributed by atoms with E-state index in [-0.39, 0.29) is 12.5 Å². The Hall–Kier alpha value is -1.91. The molecule has 6 heteroatoms. The molecule has 0 aliphatic heterocycles. The number of nitrogens with one attached hydrogen (secondary N) is 1. The van der Waals surface area contributed by atoms with Gasteiger partial charge in [0, 0.05) is 12.1 Å². The Balaban J connectivity index is 1.99. The van der Waals surface area contributed by atoms with Gasteiger partial charge in [-0.2, -0.15) is 9.67 Å². The first kappa shape index (κ1) is 15.5. The molecule has 1 aromatic heterocycles. The van der Waals surface area contributed by atoms with Gasteiger partial charge in [0.2, 0.25) is 6.54 Å². The fourth-order valence-electron chi connectivity index (χ4n) is 1.67. The van der Waals surface area contributed by atoms with Gasteiger partial charge in [0.25, 0.3) is 0 Å². The molecule has 0 fully saturated rings. The second kappa shape index (κ2) is 7.20. The van der Waals surface area contributed by atoms with E-state index in [0.717, 1.165) is 5.56 Å². The molecular weight excluding hydrogens is 309 g/mol. The summed E-state index contributed by atoms with van der Waals surface area (Å²) in [4.78, 5) is 11.8. The molecule has 1 N–H and O–H groups in total. The van der Waals surface area contributed by atoms with E-state index < -0.39 is 0 Å². The van der Waals surface area contributed by atoms with Crippen molar-refractivity contribution in [2.75, 3.05) is 0 Å². The van der Waals surface area contributed by atoms with Gasteiger partial charge in [0.1, 0.15) is 0 Å². The molecule has 0 unspecified atom stereocenters. The highest BCUT2D eigenvalue weighted by atomic mass is 35.5. The molecule has 0 atom stereocenters. The van der Waals surface area contributed by atoms with Gasteiger partial charge in [-0.25, -0.2) is 5.43 Å². The first-order valence-corrected chi connectivity index (χ1v) is 7.04. The van der Waals surface area contributed by atoms with Gasteiger partial charge < -0.3 is 0 Å². The molecule has 2 aromatic rings. The minimum Gasteiger partial charge on any atom is -0.266 e. The van der Waals surface area contributed by atoms with Crippen LogP contribution in [0.15, 0.2) is 53.9 Å². The number of amides is 1. The van der Waals surface area contributed by atoms with Crippen LogP contribution in [0.5, 0.6) is 0 Å². The molecule has 0 radical (unpaired) electrons. The van der Waals surface area contributed by atoms with Crippen LogP contribution in [0.1, 0.15) is 12.5 Å². The maximum Gasteiger partial charge on any atom is 0.305 e. The molecule has 21 heavy (non-hydrogen) atoms. The van der Waals surface area contributed by atoms with Crippen LogP contribution in [0.25, 0.3) is 0 Å². The highest BCUT2D eigenvalue weighted by Gasteiger charge is 2.08. The van der Waals surface area contributed by atoms with E-state index in [0.29, 0.717) is 15.8 Å². The number of carbonyl (C=O) groups excluding carboxylic acids is 1. The van der Waals surface area contributed by atoms with E-state index >= 15 is 0 Å². The van der Waals surface area contributed by atoms with Crippen molar-refractivity contribution in [3.63, 3.8) is 0 Å². The molecule has 4 nitrogen and oxygen atoms in total. The number of carbonyl (C=O) groups is 1. The number of pyridine rings is 1. The first-order valence-electron chi connectivity index (χ1n) is 6.29. The number of nitrogens with zero attached hydrogens (tertiary/aromatic N) is 2. The molecule has 108 valence electrons. The van der Waals surface area contributed by atoms with Crippen LogP contribution in [-0.2, 0) is 11.3 Å². The summed E-state index contributed by atoms with van der Waals surface area (Å²) in [5, 5.41) is 5.00. The van der Waals surface area contributed by atoms with Gasteiger partial charge in [0.05, 0.1) is 15.8 Å². The smallest absolute Gasteiger partial charge is 0.266 e. The summed E-state index contributed by atoms with van der Waals surface area (Å²) in [6, 6.07) is 10.8. The van der Waals surface area contributed by atoms with Gasteiger partial charge >= 0.3 is 5.91 Å². The second-order valence-corrected chi connectivity index (χ2v) is 5.22. The third-order valence-corrected chi connectivity index (χ3v) is 3.53. The van der Waals surface area contributed by atoms with Crippen molar-refractivity contribution in [3.05, 3.63) is 64.4 Å². The summed E-state index contributed by atoms with van der Waals surface area (Å²) in [6.07, 6.45) is 3.63. The van der Waals surface area contributed by atoms with Crippen molar-refractivity contribution < 1.29 is 9.36 Å². The fourth-order valence-corrected chi connectivity index (χ4v) is 1.97. The zero-order valence-corrected chi connectivity index (χ0v) is 12.9. The third-order valence-electron chi connectivity index (χ3n) is 2.79. The number of hydrogen-bond acceptors (Lipinski definition) is 2. The average molecular weight is 323 g/mol. The molecule has 0 saturated heterocycles. The van der Waals surface area contributed by atoms with Crippen LogP contribution >= 0.6 is 23.2 Å². The zero-order valence-electron chi connectivity index (χ0n) is 11.4. The topological polar surface area (TPSA) is 45.3 Å². The summed E-state index contributed by atoms with van der Waals surface area (Å²) < 4.78 is 1.76. The number of hydrogen-bond donors (Lipinski definition) is 1. The average Bonchev–Trinajstić information content (AvgIpc) is 2.48. The van der Waals surface area contributed by atoms with Gasteiger partial charge in [-0.1, -0.05) is 35.3 Å². The van der Waals surface area contributed by atoms with Crippen LogP contribution < -0.4 is 9.99 Å². The molecular formula is C15H14Cl2N3O+. The predicted molar refractivity (Wildman–Crippen MR) is 83.5 cm³/mol. The van der Waals surface area contributed by atoms with Crippen molar-refractivity contribution in [1.82, 2.24) is 5.43 Å². The van der Waals surface area contributed by atoms with E-state index in [1.54, 1.807) is 29.7 Å². The van der Waals surface area contributed by atoms with E-state index in [1.807, 2.05) is 30.6 Å². The molecule has 1 heterocycles. The molecule has 0 saturated carbocycles. The van der Waals surface area contributed by atoms with Crippen molar-refractivity contribution in [1.29, 1.82) is 0 Å². The highest BCUT2D eigenvalue weighted by Crippen LogP contribution is 2.22. The van der Waals surface area contributed by atoms with Crippen molar-refractivity contribution in [3.8, 4) is 0 Å². The summed E-state index contributed by atoms with van der Waals surface area (Å²) in [6.45, 7) is 1.99. The normalized spacial score (nSPS) is 11.3. The second-order valence-electron chi connectivity index (χ2n) is 4.41. The van der Waals surface area contributed by atoms with E-state index in [4.69, 9.17) is 23.2 Å². The largest absolute Gasteiger partial charge is 0.305 e. The Morgan fingerprint density at radius 2 is 1.90 bits per heavy atom. The summed E-state index contributed by atoms with van der Waals surface area (Å²) in [5.41, 5.74) is 3.97. The Morgan fingerprint density at radius 1 is 1.19 bits per heavy atom. The van der Waals surface area contributed by atoms with E-state index in [2.05, 4.69) is 10.5 Å². The van der Waals surface area contributed by atoms with Crippen LogP contribution in [0.4, 0.5) is 0 Å². The lowest BCUT2D eigenvalue weighted by molar-refractivity contribution is -0.684. The third kappa shape index (κ3) is 4.55. The summed E-state index contributed by atoms with van der Waals surface area (Å²) in [7, 11) is 0. The summed E-state index contributed by atoms with van der Waals surface area (Å²) in [5.74, 6) is -0.203. The predicted octanol–water partition coefficient (Wildman–Crippen LogP) is 2.82. The van der Waals surface area contributed by atoms with E-state index in [9.17, 15) is 4.79 Å². The van der Waals surface area contributed by atoms with Crippen LogP contribution in [0, 0.1) is 0 Å². The number of halogens is 2. The van der Waals surface area contributed by atoms with Crippen molar-refractivity contribution >= 4 is 34.8 Å². The van der Waals surface area contributed by atoms with Crippen LogP contribution in [0.3, 0.4) is 0 Å². The Kier molecular flexibility index (Phi) is 5.31. The quantitative estimate of drug-likeness (QED) is 0.525. The molecule has 0 bridgehead atoms. The lowest BCUT2D eigenvalue weighted by Crippen LogP contribution is -2.41. The lowest BCUT2D eigenvalue weighted by Gasteiger charge is -2.03. The maximum atomic E-state index is 11.8.